The van der Waals surface area contributed by atoms with Crippen LogP contribution in [0.1, 0.15) is 44.2 Å². The summed E-state index contributed by atoms with van der Waals surface area (Å²) in [4.78, 5) is 27.5. The number of ether oxygens (including phenoxy) is 2. The molecular formula is C24H26FNO4. The van der Waals surface area contributed by atoms with Crippen molar-refractivity contribution in [2.45, 2.75) is 45.8 Å². The Morgan fingerprint density at radius 3 is 2.60 bits per heavy atom. The second kappa shape index (κ2) is 9.11. The van der Waals surface area contributed by atoms with Crippen LogP contribution in [-0.4, -0.2) is 30.0 Å². The Hall–Kier alpha value is -3.15. The second-order valence-electron chi connectivity index (χ2n) is 7.56. The Morgan fingerprint density at radius 1 is 1.20 bits per heavy atom. The van der Waals surface area contributed by atoms with E-state index in [1.165, 1.54) is 11.0 Å². The van der Waals surface area contributed by atoms with Crippen LogP contribution in [0.5, 0.6) is 5.75 Å². The zero-order valence-corrected chi connectivity index (χ0v) is 17.6. The first-order valence-electron chi connectivity index (χ1n) is 9.91. The molecule has 1 heterocycles. The highest BCUT2D eigenvalue weighted by molar-refractivity contribution is 5.96. The molecule has 1 aliphatic heterocycles. The minimum absolute atomic E-state index is 0.0562. The molecule has 0 spiro atoms. The van der Waals surface area contributed by atoms with Crippen molar-refractivity contribution in [2.75, 3.05) is 7.11 Å². The number of carbonyl (C=O) groups excluding carboxylic acids is 2. The fraction of sp³-hybridized carbons (Fsp3) is 0.333. The summed E-state index contributed by atoms with van der Waals surface area (Å²) in [6.07, 6.45) is -0.219. The molecule has 0 bridgehead atoms. The summed E-state index contributed by atoms with van der Waals surface area (Å²) >= 11 is 0. The molecule has 2 aromatic rings. The van der Waals surface area contributed by atoms with Gasteiger partial charge in [-0.25, -0.2) is 9.18 Å². The van der Waals surface area contributed by atoms with Gasteiger partial charge < -0.3 is 14.4 Å². The maximum absolute atomic E-state index is 14.2. The lowest BCUT2D eigenvalue weighted by Crippen LogP contribution is -2.38. The van der Waals surface area contributed by atoms with Gasteiger partial charge in [0.2, 0.25) is 5.91 Å². The van der Waals surface area contributed by atoms with Crippen LogP contribution in [0.4, 0.5) is 4.39 Å². The third-order valence-corrected chi connectivity index (χ3v) is 5.17. The highest BCUT2D eigenvalue weighted by Gasteiger charge is 2.37. The Morgan fingerprint density at radius 2 is 1.93 bits per heavy atom. The number of methoxy groups -OCH3 is 1. The van der Waals surface area contributed by atoms with E-state index in [2.05, 4.69) is 0 Å². The summed E-state index contributed by atoms with van der Waals surface area (Å²) in [5, 5.41) is 0. The van der Waals surface area contributed by atoms with E-state index in [0.29, 0.717) is 22.6 Å². The van der Waals surface area contributed by atoms with Gasteiger partial charge in [0.15, 0.2) is 0 Å². The van der Waals surface area contributed by atoms with Crippen molar-refractivity contribution in [3.05, 3.63) is 76.7 Å². The van der Waals surface area contributed by atoms with Gasteiger partial charge in [-0.1, -0.05) is 30.3 Å². The number of esters is 1. The van der Waals surface area contributed by atoms with Crippen LogP contribution in [-0.2, 0) is 20.9 Å². The van der Waals surface area contributed by atoms with E-state index in [1.807, 2.05) is 18.2 Å². The Bertz CT molecular complexity index is 983. The predicted molar refractivity (Wildman–Crippen MR) is 111 cm³/mol. The average molecular weight is 411 g/mol. The SMILES string of the molecule is COc1cccc(C2CC(=O)N(Cc3ccccc3F)C(C)=C2C(=O)OC(C)C)c1. The summed E-state index contributed by atoms with van der Waals surface area (Å²) in [5.41, 5.74) is 2.07. The third kappa shape index (κ3) is 4.53. The molecule has 5 nitrogen and oxygen atoms in total. The van der Waals surface area contributed by atoms with E-state index in [0.717, 1.165) is 5.56 Å². The second-order valence-corrected chi connectivity index (χ2v) is 7.56. The molecule has 2 aromatic carbocycles. The first-order chi connectivity index (χ1) is 14.3. The smallest absolute Gasteiger partial charge is 0.336 e. The van der Waals surface area contributed by atoms with Gasteiger partial charge in [-0.2, -0.15) is 0 Å². The number of hydrogen-bond acceptors (Lipinski definition) is 4. The van der Waals surface area contributed by atoms with E-state index in [4.69, 9.17) is 9.47 Å². The number of hydrogen-bond donors (Lipinski definition) is 0. The maximum Gasteiger partial charge on any atom is 0.336 e. The summed E-state index contributed by atoms with van der Waals surface area (Å²) in [6.45, 7) is 5.32. The third-order valence-electron chi connectivity index (χ3n) is 5.17. The monoisotopic (exact) mass is 411 g/mol. The van der Waals surface area contributed by atoms with Crippen LogP contribution in [0.25, 0.3) is 0 Å². The van der Waals surface area contributed by atoms with Gasteiger partial charge in [0.05, 0.1) is 25.3 Å². The van der Waals surface area contributed by atoms with E-state index >= 15 is 0 Å². The number of carbonyl (C=O) groups is 2. The molecule has 0 aliphatic carbocycles. The lowest BCUT2D eigenvalue weighted by molar-refractivity contribution is -0.143. The molecule has 0 aromatic heterocycles. The fourth-order valence-electron chi connectivity index (χ4n) is 3.69. The molecule has 0 N–H and O–H groups in total. The molecule has 1 unspecified atom stereocenters. The van der Waals surface area contributed by atoms with Gasteiger partial charge in [-0.15, -0.1) is 0 Å². The van der Waals surface area contributed by atoms with E-state index in [1.54, 1.807) is 52.1 Å². The topological polar surface area (TPSA) is 55.8 Å². The molecule has 158 valence electrons. The lowest BCUT2D eigenvalue weighted by Gasteiger charge is -2.35. The van der Waals surface area contributed by atoms with Crippen LogP contribution < -0.4 is 4.74 Å². The Balaban J connectivity index is 2.06. The zero-order chi connectivity index (χ0) is 21.8. The molecule has 0 radical (unpaired) electrons. The van der Waals surface area contributed by atoms with Crippen molar-refractivity contribution in [3.63, 3.8) is 0 Å². The van der Waals surface area contributed by atoms with E-state index in [9.17, 15) is 14.0 Å². The standard InChI is InChI=1S/C24H26FNO4/c1-15(2)30-24(28)23-16(3)26(14-18-8-5-6-11-21(18)25)22(27)13-20(23)17-9-7-10-19(12-17)29-4/h5-12,15,20H,13-14H2,1-4H3. The van der Waals surface area contributed by atoms with Crippen molar-refractivity contribution in [3.8, 4) is 5.75 Å². The van der Waals surface area contributed by atoms with Crippen LogP contribution >= 0.6 is 0 Å². The number of allylic oxidation sites excluding steroid dienone is 1. The van der Waals surface area contributed by atoms with Gasteiger partial charge in [0, 0.05) is 23.6 Å². The fourth-order valence-corrected chi connectivity index (χ4v) is 3.69. The first kappa shape index (κ1) is 21.6. The van der Waals surface area contributed by atoms with Crippen molar-refractivity contribution >= 4 is 11.9 Å². The molecular weight excluding hydrogens is 385 g/mol. The lowest BCUT2D eigenvalue weighted by atomic mass is 9.83. The molecule has 0 saturated heterocycles. The van der Waals surface area contributed by atoms with Crippen molar-refractivity contribution < 1.29 is 23.5 Å². The highest BCUT2D eigenvalue weighted by atomic mass is 19.1. The van der Waals surface area contributed by atoms with Gasteiger partial charge in [0.25, 0.3) is 0 Å². The number of benzene rings is 2. The average Bonchev–Trinajstić information content (AvgIpc) is 2.71. The van der Waals surface area contributed by atoms with Crippen LogP contribution in [0.3, 0.4) is 0 Å². The Labute approximate surface area is 176 Å². The normalized spacial score (nSPS) is 16.8. The summed E-state index contributed by atoms with van der Waals surface area (Å²) in [7, 11) is 1.57. The molecule has 30 heavy (non-hydrogen) atoms. The summed E-state index contributed by atoms with van der Waals surface area (Å²) in [6, 6.07) is 13.6. The molecule has 6 heteroatoms. The molecule has 0 saturated carbocycles. The molecule has 0 fully saturated rings. The van der Waals surface area contributed by atoms with Crippen molar-refractivity contribution in [1.29, 1.82) is 0 Å². The van der Waals surface area contributed by atoms with Gasteiger partial charge in [-0.05, 0) is 44.5 Å². The first-order valence-corrected chi connectivity index (χ1v) is 9.91. The largest absolute Gasteiger partial charge is 0.497 e. The molecule has 1 aliphatic rings. The van der Waals surface area contributed by atoms with Crippen LogP contribution in [0, 0.1) is 5.82 Å². The van der Waals surface area contributed by atoms with Gasteiger partial charge in [-0.3, -0.25) is 4.79 Å². The van der Waals surface area contributed by atoms with E-state index in [-0.39, 0.29) is 30.8 Å². The van der Waals surface area contributed by atoms with Crippen LogP contribution in [0.15, 0.2) is 59.8 Å². The number of amides is 1. The molecule has 3 rings (SSSR count). The quantitative estimate of drug-likeness (QED) is 0.653. The van der Waals surface area contributed by atoms with E-state index < -0.39 is 11.9 Å². The van der Waals surface area contributed by atoms with Crippen molar-refractivity contribution in [2.24, 2.45) is 0 Å². The number of nitrogens with zero attached hydrogens (tertiary/aromatic N) is 1. The van der Waals surface area contributed by atoms with Crippen molar-refractivity contribution in [1.82, 2.24) is 4.90 Å². The number of halogens is 1. The minimum atomic E-state index is -0.471. The molecule has 1 amide bonds. The predicted octanol–water partition coefficient (Wildman–Crippen LogP) is 4.58. The minimum Gasteiger partial charge on any atom is -0.497 e. The number of rotatable bonds is 6. The van der Waals surface area contributed by atoms with Gasteiger partial charge >= 0.3 is 5.97 Å². The Kier molecular flexibility index (Phi) is 6.55. The molecule has 1 atom stereocenters. The zero-order valence-electron chi connectivity index (χ0n) is 17.6. The van der Waals surface area contributed by atoms with Gasteiger partial charge in [0.1, 0.15) is 11.6 Å². The summed E-state index contributed by atoms with van der Waals surface area (Å²) in [5.74, 6) is -0.857. The summed E-state index contributed by atoms with van der Waals surface area (Å²) < 4.78 is 25.0. The van der Waals surface area contributed by atoms with Crippen LogP contribution in [0.2, 0.25) is 0 Å². The highest BCUT2D eigenvalue weighted by Crippen LogP contribution is 2.39. The maximum atomic E-state index is 14.2.